The van der Waals surface area contributed by atoms with E-state index < -0.39 is 5.82 Å². The summed E-state index contributed by atoms with van der Waals surface area (Å²) < 4.78 is 14.7. The normalized spacial score (nSPS) is 10.8. The first-order valence-corrected chi connectivity index (χ1v) is 8.57. The van der Waals surface area contributed by atoms with Crippen LogP contribution in [-0.2, 0) is 0 Å². The van der Waals surface area contributed by atoms with E-state index in [2.05, 4.69) is 4.98 Å². The Morgan fingerprint density at radius 1 is 1.04 bits per heavy atom. The minimum atomic E-state index is -0.525. The lowest BCUT2D eigenvalue weighted by Crippen LogP contribution is -2.37. The fourth-order valence-electron chi connectivity index (χ4n) is 2.89. The number of amides is 1. The maximum atomic E-state index is 14.7. The van der Waals surface area contributed by atoms with E-state index in [4.69, 9.17) is 0 Å². The summed E-state index contributed by atoms with van der Waals surface area (Å²) in [6.45, 7) is 5.79. The molecule has 0 radical (unpaired) electrons. The predicted octanol–water partition coefficient (Wildman–Crippen LogP) is 5.25. The van der Waals surface area contributed by atoms with Crippen LogP contribution < -0.4 is 4.90 Å². The summed E-state index contributed by atoms with van der Waals surface area (Å²) in [4.78, 5) is 18.6. The first-order valence-electron chi connectivity index (χ1n) is 8.57. The Labute approximate surface area is 153 Å². The summed E-state index contributed by atoms with van der Waals surface area (Å²) >= 11 is 0. The fraction of sp³-hybridized carbons (Fsp3) is 0.182. The zero-order chi connectivity index (χ0) is 18.7. The van der Waals surface area contributed by atoms with Gasteiger partial charge in [-0.3, -0.25) is 9.78 Å². The number of benzene rings is 2. The number of carbonyl (C=O) groups is 1. The highest BCUT2D eigenvalue weighted by atomic mass is 19.1. The number of aromatic nitrogens is 1. The van der Waals surface area contributed by atoms with E-state index in [1.165, 1.54) is 6.07 Å². The molecule has 0 atom stereocenters. The molecule has 0 aliphatic carbocycles. The summed E-state index contributed by atoms with van der Waals surface area (Å²) in [6.07, 6.45) is 3.25. The largest absolute Gasteiger partial charge is 0.304 e. The lowest BCUT2D eigenvalue weighted by Gasteiger charge is -2.26. The van der Waals surface area contributed by atoms with Crippen LogP contribution >= 0.6 is 0 Å². The molecule has 1 aromatic heterocycles. The fourth-order valence-corrected chi connectivity index (χ4v) is 2.89. The van der Waals surface area contributed by atoms with Gasteiger partial charge in [0.15, 0.2) is 0 Å². The van der Waals surface area contributed by atoms with Crippen LogP contribution in [0.4, 0.5) is 10.1 Å². The Balaban J connectivity index is 1.95. The second kappa shape index (κ2) is 7.48. The highest BCUT2D eigenvalue weighted by molar-refractivity contribution is 6.06. The Kier molecular flexibility index (Phi) is 5.12. The number of rotatable bonds is 4. The van der Waals surface area contributed by atoms with E-state index in [1.54, 1.807) is 41.6 Å². The SMILES string of the molecule is Cc1ccc(-c2ccc(C(=O)N(c3cccnc3)C(C)C)c(F)c2)cc1. The summed E-state index contributed by atoms with van der Waals surface area (Å²) in [5.74, 6) is -0.899. The van der Waals surface area contributed by atoms with Gasteiger partial charge in [-0.1, -0.05) is 35.9 Å². The van der Waals surface area contributed by atoms with Crippen molar-refractivity contribution < 1.29 is 9.18 Å². The van der Waals surface area contributed by atoms with E-state index in [0.29, 0.717) is 5.69 Å². The number of hydrogen-bond acceptors (Lipinski definition) is 2. The van der Waals surface area contributed by atoms with Crippen LogP contribution in [-0.4, -0.2) is 16.9 Å². The Bertz CT molecular complexity index is 905. The molecular formula is C22H21FN2O. The molecule has 0 aliphatic heterocycles. The van der Waals surface area contributed by atoms with Gasteiger partial charge >= 0.3 is 0 Å². The van der Waals surface area contributed by atoms with Crippen molar-refractivity contribution in [2.24, 2.45) is 0 Å². The summed E-state index contributed by atoms with van der Waals surface area (Å²) in [7, 11) is 0. The first kappa shape index (κ1) is 17.8. The van der Waals surface area contributed by atoms with Crippen LogP contribution in [0.1, 0.15) is 29.8 Å². The average Bonchev–Trinajstić information content (AvgIpc) is 2.63. The van der Waals surface area contributed by atoms with Gasteiger partial charge in [0.05, 0.1) is 17.4 Å². The molecule has 1 amide bonds. The summed E-state index contributed by atoms with van der Waals surface area (Å²) in [5, 5.41) is 0. The molecule has 0 saturated carbocycles. The zero-order valence-corrected chi connectivity index (χ0v) is 15.1. The van der Waals surface area contributed by atoms with E-state index >= 15 is 0 Å². The van der Waals surface area contributed by atoms with Crippen LogP contribution in [0, 0.1) is 12.7 Å². The van der Waals surface area contributed by atoms with Crippen molar-refractivity contribution in [1.82, 2.24) is 4.98 Å². The second-order valence-electron chi connectivity index (χ2n) is 6.54. The molecule has 4 heteroatoms. The lowest BCUT2D eigenvalue weighted by atomic mass is 10.0. The van der Waals surface area contributed by atoms with Gasteiger partial charge in [0.1, 0.15) is 5.82 Å². The molecule has 0 bridgehead atoms. The number of carbonyl (C=O) groups excluding carboxylic acids is 1. The minimum Gasteiger partial charge on any atom is -0.304 e. The van der Waals surface area contributed by atoms with Gasteiger partial charge < -0.3 is 4.90 Å². The molecule has 0 saturated heterocycles. The Morgan fingerprint density at radius 2 is 1.73 bits per heavy atom. The molecule has 0 aliphatic rings. The molecule has 0 fully saturated rings. The summed E-state index contributed by atoms with van der Waals surface area (Å²) in [6, 6.07) is 16.0. The molecule has 0 N–H and O–H groups in total. The van der Waals surface area contributed by atoms with Gasteiger partial charge in [-0.15, -0.1) is 0 Å². The molecule has 26 heavy (non-hydrogen) atoms. The van der Waals surface area contributed by atoms with Crippen molar-refractivity contribution in [1.29, 1.82) is 0 Å². The third-order valence-electron chi connectivity index (χ3n) is 4.24. The monoisotopic (exact) mass is 348 g/mol. The van der Waals surface area contributed by atoms with Gasteiger partial charge in [0.2, 0.25) is 0 Å². The molecule has 132 valence electrons. The quantitative estimate of drug-likeness (QED) is 0.645. The number of aryl methyl sites for hydroxylation is 1. The maximum absolute atomic E-state index is 14.7. The number of pyridine rings is 1. The Hall–Kier alpha value is -3.01. The molecule has 0 spiro atoms. The van der Waals surface area contributed by atoms with Crippen LogP contribution in [0.25, 0.3) is 11.1 Å². The molecule has 3 aromatic rings. The van der Waals surface area contributed by atoms with E-state index in [1.807, 2.05) is 45.0 Å². The average molecular weight is 348 g/mol. The van der Waals surface area contributed by atoms with Gasteiger partial charge in [0, 0.05) is 12.2 Å². The standard InChI is InChI=1S/C22H21FN2O/c1-15(2)25(19-5-4-12-24-14-19)22(26)20-11-10-18(13-21(20)23)17-8-6-16(3)7-9-17/h4-15H,1-3H3. The smallest absolute Gasteiger partial charge is 0.261 e. The predicted molar refractivity (Wildman–Crippen MR) is 103 cm³/mol. The first-order chi connectivity index (χ1) is 12.5. The van der Waals surface area contributed by atoms with E-state index in [-0.39, 0.29) is 17.5 Å². The number of nitrogens with zero attached hydrogens (tertiary/aromatic N) is 2. The van der Waals surface area contributed by atoms with Crippen LogP contribution in [0.5, 0.6) is 0 Å². The topological polar surface area (TPSA) is 33.2 Å². The van der Waals surface area contributed by atoms with Crippen LogP contribution in [0.15, 0.2) is 67.0 Å². The van der Waals surface area contributed by atoms with Crippen molar-refractivity contribution in [3.8, 4) is 11.1 Å². The van der Waals surface area contributed by atoms with Gasteiger partial charge in [0.25, 0.3) is 5.91 Å². The number of anilines is 1. The van der Waals surface area contributed by atoms with Gasteiger partial charge in [-0.25, -0.2) is 4.39 Å². The van der Waals surface area contributed by atoms with Gasteiger partial charge in [-0.05, 0) is 56.2 Å². The van der Waals surface area contributed by atoms with Crippen molar-refractivity contribution in [3.63, 3.8) is 0 Å². The van der Waals surface area contributed by atoms with Crippen molar-refractivity contribution in [3.05, 3.63) is 83.9 Å². The van der Waals surface area contributed by atoms with Crippen LogP contribution in [0.2, 0.25) is 0 Å². The third kappa shape index (κ3) is 3.64. The maximum Gasteiger partial charge on any atom is 0.261 e. The van der Waals surface area contributed by atoms with Crippen molar-refractivity contribution in [2.75, 3.05) is 4.90 Å². The molecule has 0 unspecified atom stereocenters. The number of halogens is 1. The van der Waals surface area contributed by atoms with Crippen molar-refractivity contribution >= 4 is 11.6 Å². The highest BCUT2D eigenvalue weighted by Crippen LogP contribution is 2.25. The lowest BCUT2D eigenvalue weighted by molar-refractivity contribution is 0.0976. The zero-order valence-electron chi connectivity index (χ0n) is 15.1. The second-order valence-corrected chi connectivity index (χ2v) is 6.54. The minimum absolute atomic E-state index is 0.0541. The molecular weight excluding hydrogens is 327 g/mol. The van der Waals surface area contributed by atoms with Gasteiger partial charge in [-0.2, -0.15) is 0 Å². The highest BCUT2D eigenvalue weighted by Gasteiger charge is 2.23. The summed E-state index contributed by atoms with van der Waals surface area (Å²) in [5.41, 5.74) is 3.51. The third-order valence-corrected chi connectivity index (χ3v) is 4.24. The van der Waals surface area contributed by atoms with E-state index in [9.17, 15) is 9.18 Å². The number of hydrogen-bond donors (Lipinski definition) is 0. The molecule has 3 nitrogen and oxygen atoms in total. The molecule has 3 rings (SSSR count). The molecule has 1 heterocycles. The molecule has 2 aromatic carbocycles. The van der Waals surface area contributed by atoms with Crippen molar-refractivity contribution in [2.45, 2.75) is 26.8 Å². The van der Waals surface area contributed by atoms with Crippen LogP contribution in [0.3, 0.4) is 0 Å². The van der Waals surface area contributed by atoms with E-state index in [0.717, 1.165) is 16.7 Å². The Morgan fingerprint density at radius 3 is 2.31 bits per heavy atom.